The van der Waals surface area contributed by atoms with E-state index < -0.39 is 0 Å². The first-order valence-electron chi connectivity index (χ1n) is 6.47. The van der Waals surface area contributed by atoms with E-state index in [0.717, 1.165) is 12.0 Å². The van der Waals surface area contributed by atoms with Gasteiger partial charge in [0.25, 0.3) is 0 Å². The molecule has 2 unspecified atom stereocenters. The molecule has 104 valence electrons. The maximum absolute atomic E-state index is 12.0. The molecule has 0 aromatic heterocycles. The van der Waals surface area contributed by atoms with Crippen LogP contribution < -0.4 is 10.5 Å². The second-order valence-corrected chi connectivity index (χ2v) is 5.16. The number of hydrogen-bond acceptors (Lipinski definition) is 3. The zero-order valence-corrected chi connectivity index (χ0v) is 12.0. The van der Waals surface area contributed by atoms with Gasteiger partial charge in [-0.15, -0.1) is 0 Å². The van der Waals surface area contributed by atoms with Crippen LogP contribution in [0.2, 0.25) is 5.02 Å². The number of nitrogens with two attached hydrogens (primary N) is 1. The van der Waals surface area contributed by atoms with Gasteiger partial charge in [-0.25, -0.2) is 0 Å². The standard InChI is InChI=1S/C14H19ClN2O2/c1-3-7-17-12(18)8-10(16)14(17)13-9(15)5-4-6-11(13)19-2/h4-6,10,14H,3,7-8,16H2,1-2H3. The maximum atomic E-state index is 12.0. The molecule has 1 aromatic rings. The van der Waals surface area contributed by atoms with Crippen molar-refractivity contribution in [2.75, 3.05) is 13.7 Å². The van der Waals surface area contributed by atoms with Gasteiger partial charge >= 0.3 is 0 Å². The number of likely N-dealkylation sites (tertiary alicyclic amines) is 1. The van der Waals surface area contributed by atoms with Gasteiger partial charge in [0.05, 0.1) is 13.2 Å². The van der Waals surface area contributed by atoms with Crippen LogP contribution in [0.5, 0.6) is 5.75 Å². The molecular weight excluding hydrogens is 264 g/mol. The Morgan fingerprint density at radius 2 is 2.26 bits per heavy atom. The lowest BCUT2D eigenvalue weighted by atomic mass is 9.99. The molecule has 1 saturated heterocycles. The number of nitrogens with zero attached hydrogens (tertiary/aromatic N) is 1. The third-order valence-electron chi connectivity index (χ3n) is 3.47. The highest BCUT2D eigenvalue weighted by molar-refractivity contribution is 6.31. The fourth-order valence-electron chi connectivity index (χ4n) is 2.67. The van der Waals surface area contributed by atoms with E-state index in [4.69, 9.17) is 22.1 Å². The first kappa shape index (κ1) is 14.2. The van der Waals surface area contributed by atoms with Gasteiger partial charge in [-0.3, -0.25) is 4.79 Å². The summed E-state index contributed by atoms with van der Waals surface area (Å²) in [5, 5.41) is 0.593. The first-order valence-corrected chi connectivity index (χ1v) is 6.85. The summed E-state index contributed by atoms with van der Waals surface area (Å²) in [6.45, 7) is 2.73. The van der Waals surface area contributed by atoms with Crippen molar-refractivity contribution >= 4 is 17.5 Å². The lowest BCUT2D eigenvalue weighted by Crippen LogP contribution is -2.34. The lowest BCUT2D eigenvalue weighted by molar-refractivity contribution is -0.129. The molecule has 1 heterocycles. The molecule has 0 aliphatic carbocycles. The van der Waals surface area contributed by atoms with Gasteiger partial charge in [-0.1, -0.05) is 24.6 Å². The van der Waals surface area contributed by atoms with Crippen LogP contribution in [0, 0.1) is 0 Å². The van der Waals surface area contributed by atoms with E-state index in [0.29, 0.717) is 23.7 Å². The number of carbonyl (C=O) groups excluding carboxylic acids is 1. The van der Waals surface area contributed by atoms with Gasteiger partial charge in [0.15, 0.2) is 0 Å². The van der Waals surface area contributed by atoms with Gasteiger partial charge in [0, 0.05) is 29.6 Å². The third kappa shape index (κ3) is 2.55. The summed E-state index contributed by atoms with van der Waals surface area (Å²) in [4.78, 5) is 13.8. The van der Waals surface area contributed by atoms with E-state index in [1.807, 2.05) is 24.0 Å². The maximum Gasteiger partial charge on any atom is 0.224 e. The molecule has 1 amide bonds. The third-order valence-corrected chi connectivity index (χ3v) is 3.79. The SMILES string of the molecule is CCCN1C(=O)CC(N)C1c1c(Cl)cccc1OC. The van der Waals surface area contributed by atoms with Crippen molar-refractivity contribution in [1.82, 2.24) is 4.90 Å². The molecule has 1 aromatic carbocycles. The quantitative estimate of drug-likeness (QED) is 0.922. The van der Waals surface area contributed by atoms with Crippen molar-refractivity contribution in [2.24, 2.45) is 5.73 Å². The van der Waals surface area contributed by atoms with Gasteiger partial charge in [-0.05, 0) is 18.6 Å². The molecule has 1 aliphatic heterocycles. The van der Waals surface area contributed by atoms with E-state index >= 15 is 0 Å². The van der Waals surface area contributed by atoms with E-state index in [2.05, 4.69) is 0 Å². The molecule has 0 radical (unpaired) electrons. The van der Waals surface area contributed by atoms with Gasteiger partial charge in [-0.2, -0.15) is 0 Å². The number of amides is 1. The number of carbonyl (C=O) groups is 1. The smallest absolute Gasteiger partial charge is 0.224 e. The topological polar surface area (TPSA) is 55.6 Å². The van der Waals surface area contributed by atoms with Crippen LogP contribution in [0.4, 0.5) is 0 Å². The number of rotatable bonds is 4. The summed E-state index contributed by atoms with van der Waals surface area (Å²) in [6, 6.07) is 5.04. The predicted molar refractivity (Wildman–Crippen MR) is 75.3 cm³/mol. The summed E-state index contributed by atoms with van der Waals surface area (Å²) in [5.41, 5.74) is 6.96. The Morgan fingerprint density at radius 1 is 1.53 bits per heavy atom. The first-order chi connectivity index (χ1) is 9.10. The molecule has 2 rings (SSSR count). The van der Waals surface area contributed by atoms with Gasteiger partial charge in [0.1, 0.15) is 5.75 Å². The summed E-state index contributed by atoms with van der Waals surface area (Å²) < 4.78 is 5.37. The fourth-order valence-corrected chi connectivity index (χ4v) is 2.95. The fraction of sp³-hybridized carbons (Fsp3) is 0.500. The Balaban J connectivity index is 2.46. The monoisotopic (exact) mass is 282 g/mol. The zero-order valence-electron chi connectivity index (χ0n) is 11.2. The van der Waals surface area contributed by atoms with Gasteiger partial charge in [0.2, 0.25) is 5.91 Å². The van der Waals surface area contributed by atoms with E-state index in [9.17, 15) is 4.79 Å². The van der Waals surface area contributed by atoms with Crippen molar-refractivity contribution in [2.45, 2.75) is 31.8 Å². The number of benzene rings is 1. The molecule has 2 atom stereocenters. The Bertz CT molecular complexity index is 479. The second-order valence-electron chi connectivity index (χ2n) is 4.76. The van der Waals surface area contributed by atoms with Gasteiger partial charge < -0.3 is 15.4 Å². The lowest BCUT2D eigenvalue weighted by Gasteiger charge is -2.28. The van der Waals surface area contributed by atoms with Crippen molar-refractivity contribution in [3.8, 4) is 5.75 Å². The van der Waals surface area contributed by atoms with Crippen LogP contribution in [0.25, 0.3) is 0 Å². The van der Waals surface area contributed by atoms with Crippen molar-refractivity contribution in [3.63, 3.8) is 0 Å². The minimum absolute atomic E-state index is 0.0846. The van der Waals surface area contributed by atoms with Crippen LogP contribution in [0.3, 0.4) is 0 Å². The van der Waals surface area contributed by atoms with E-state index in [-0.39, 0.29) is 18.0 Å². The van der Waals surface area contributed by atoms with E-state index in [1.54, 1.807) is 13.2 Å². The number of ether oxygens (including phenoxy) is 1. The molecule has 19 heavy (non-hydrogen) atoms. The second kappa shape index (κ2) is 5.80. The van der Waals surface area contributed by atoms with Crippen molar-refractivity contribution in [1.29, 1.82) is 0 Å². The van der Waals surface area contributed by atoms with E-state index in [1.165, 1.54) is 0 Å². The molecule has 0 saturated carbocycles. The Hall–Kier alpha value is -1.26. The number of methoxy groups -OCH3 is 1. The highest BCUT2D eigenvalue weighted by Crippen LogP contribution is 2.40. The van der Waals surface area contributed by atoms with Crippen molar-refractivity contribution in [3.05, 3.63) is 28.8 Å². The largest absolute Gasteiger partial charge is 0.496 e. The summed E-state index contributed by atoms with van der Waals surface area (Å²) >= 11 is 6.29. The Morgan fingerprint density at radius 3 is 2.89 bits per heavy atom. The summed E-state index contributed by atoms with van der Waals surface area (Å²) in [7, 11) is 1.60. The molecule has 0 bridgehead atoms. The molecule has 0 spiro atoms. The number of hydrogen-bond donors (Lipinski definition) is 1. The molecule has 4 nitrogen and oxygen atoms in total. The average Bonchev–Trinajstić information content (AvgIpc) is 2.65. The normalized spacial score (nSPS) is 22.9. The summed E-state index contributed by atoms with van der Waals surface area (Å²) in [5.74, 6) is 0.769. The predicted octanol–water partition coefficient (Wildman–Crippen LogP) is 2.36. The minimum atomic E-state index is -0.243. The summed E-state index contributed by atoms with van der Waals surface area (Å²) in [6.07, 6.45) is 1.25. The average molecular weight is 283 g/mol. The van der Waals surface area contributed by atoms with Crippen molar-refractivity contribution < 1.29 is 9.53 Å². The molecular formula is C14H19ClN2O2. The molecule has 2 N–H and O–H groups in total. The molecule has 1 aliphatic rings. The van der Waals surface area contributed by atoms with Crippen LogP contribution >= 0.6 is 11.6 Å². The number of halogens is 1. The van der Waals surface area contributed by atoms with Crippen LogP contribution in [0.1, 0.15) is 31.4 Å². The van der Waals surface area contributed by atoms with Crippen LogP contribution in [-0.2, 0) is 4.79 Å². The Kier molecular flexibility index (Phi) is 4.32. The van der Waals surface area contributed by atoms with Crippen LogP contribution in [0.15, 0.2) is 18.2 Å². The molecule has 1 fully saturated rings. The highest BCUT2D eigenvalue weighted by Gasteiger charge is 2.40. The van der Waals surface area contributed by atoms with Crippen LogP contribution in [-0.4, -0.2) is 30.5 Å². The highest BCUT2D eigenvalue weighted by atomic mass is 35.5. The Labute approximate surface area is 118 Å². The zero-order chi connectivity index (χ0) is 14.0. The minimum Gasteiger partial charge on any atom is -0.496 e. The molecule has 5 heteroatoms.